The number of alkyl halides is 1. The summed E-state index contributed by atoms with van der Waals surface area (Å²) in [7, 11) is -3.04. The van der Waals surface area contributed by atoms with Crippen LogP contribution in [0.4, 0.5) is 0 Å². The van der Waals surface area contributed by atoms with Gasteiger partial charge in [-0.25, -0.2) is 8.42 Å². The fraction of sp³-hybridized carbons (Fsp3) is 1.00. The first kappa shape index (κ1) is 11.5. The lowest BCUT2D eigenvalue weighted by Crippen LogP contribution is -2.38. The number of nitrogens with zero attached hydrogens (tertiary/aromatic N) is 1. The van der Waals surface area contributed by atoms with E-state index in [0.29, 0.717) is 12.5 Å². The third-order valence-electron chi connectivity index (χ3n) is 2.51. The highest BCUT2D eigenvalue weighted by molar-refractivity contribution is 9.10. The molecule has 0 aromatic heterocycles. The Labute approximate surface area is 88.7 Å². The topological polar surface area (TPSA) is 37.4 Å². The van der Waals surface area contributed by atoms with Crippen LogP contribution in [0.3, 0.4) is 0 Å². The summed E-state index contributed by atoms with van der Waals surface area (Å²) in [6, 6.07) is 0.211. The van der Waals surface area contributed by atoms with Crippen molar-refractivity contribution in [1.29, 1.82) is 0 Å². The summed E-state index contributed by atoms with van der Waals surface area (Å²) in [6.45, 7) is 4.84. The molecule has 0 amide bonds. The van der Waals surface area contributed by atoms with Crippen molar-refractivity contribution >= 4 is 26.0 Å². The maximum atomic E-state index is 11.6. The van der Waals surface area contributed by atoms with Crippen molar-refractivity contribution in [3.05, 3.63) is 0 Å². The highest BCUT2D eigenvalue weighted by Gasteiger charge is 2.34. The molecule has 3 nitrogen and oxygen atoms in total. The Morgan fingerprint density at radius 2 is 2.15 bits per heavy atom. The number of hydrogen-bond donors (Lipinski definition) is 0. The molecule has 0 radical (unpaired) electrons. The van der Waals surface area contributed by atoms with E-state index in [4.69, 9.17) is 0 Å². The summed E-state index contributed by atoms with van der Waals surface area (Å²) >= 11 is 3.03. The smallest absolute Gasteiger partial charge is 0.211 e. The lowest BCUT2D eigenvalue weighted by Gasteiger charge is -2.25. The van der Waals surface area contributed by atoms with Crippen LogP contribution in [0.15, 0.2) is 0 Å². The second kappa shape index (κ2) is 4.28. The molecule has 13 heavy (non-hydrogen) atoms. The van der Waals surface area contributed by atoms with Crippen LogP contribution in [0.25, 0.3) is 0 Å². The fourth-order valence-electron chi connectivity index (χ4n) is 1.84. The molecule has 1 aliphatic rings. The molecule has 0 N–H and O–H groups in total. The van der Waals surface area contributed by atoms with E-state index in [0.717, 1.165) is 12.8 Å². The molecule has 0 aliphatic carbocycles. The Morgan fingerprint density at radius 3 is 2.62 bits per heavy atom. The van der Waals surface area contributed by atoms with Crippen molar-refractivity contribution < 1.29 is 8.42 Å². The largest absolute Gasteiger partial charge is 0.224 e. The molecule has 5 heteroatoms. The van der Waals surface area contributed by atoms with Gasteiger partial charge in [-0.2, -0.15) is 4.31 Å². The zero-order chi connectivity index (χ0) is 10.1. The van der Waals surface area contributed by atoms with E-state index in [2.05, 4.69) is 29.8 Å². The molecule has 0 aromatic rings. The van der Waals surface area contributed by atoms with E-state index in [1.54, 1.807) is 4.31 Å². The molecule has 1 rings (SSSR count). The molecule has 0 spiro atoms. The quantitative estimate of drug-likeness (QED) is 0.733. The molecule has 1 unspecified atom stereocenters. The third-order valence-corrected chi connectivity index (χ3v) is 5.69. The van der Waals surface area contributed by atoms with Crippen LogP contribution in [-0.4, -0.2) is 30.0 Å². The molecular weight excluding hydrogens is 254 g/mol. The Morgan fingerprint density at radius 1 is 1.54 bits per heavy atom. The molecule has 1 fully saturated rings. The van der Waals surface area contributed by atoms with Crippen LogP contribution >= 0.6 is 15.9 Å². The van der Waals surface area contributed by atoms with E-state index in [1.807, 2.05) is 0 Å². The van der Waals surface area contributed by atoms with Crippen molar-refractivity contribution in [3.63, 3.8) is 0 Å². The van der Waals surface area contributed by atoms with Gasteiger partial charge in [0.25, 0.3) is 0 Å². The van der Waals surface area contributed by atoms with Crippen molar-refractivity contribution in [2.75, 3.05) is 11.2 Å². The highest BCUT2D eigenvalue weighted by Crippen LogP contribution is 2.27. The van der Waals surface area contributed by atoms with Crippen LogP contribution in [0, 0.1) is 5.92 Å². The zero-order valence-electron chi connectivity index (χ0n) is 8.03. The Balaban J connectivity index is 2.80. The lowest BCUT2D eigenvalue weighted by molar-refractivity contribution is 0.317. The average molecular weight is 270 g/mol. The monoisotopic (exact) mass is 269 g/mol. The molecular formula is C8H16BrNO2S. The summed E-state index contributed by atoms with van der Waals surface area (Å²) in [4.78, 5) is 0. The molecule has 1 atom stereocenters. The first-order valence-electron chi connectivity index (χ1n) is 4.54. The first-order chi connectivity index (χ1) is 5.99. The van der Waals surface area contributed by atoms with Crippen molar-refractivity contribution in [2.45, 2.75) is 32.7 Å². The Kier molecular flexibility index (Phi) is 3.77. The number of sulfonamides is 1. The van der Waals surface area contributed by atoms with Gasteiger partial charge in [0.05, 0.1) is 0 Å². The first-order valence-corrected chi connectivity index (χ1v) is 7.27. The van der Waals surface area contributed by atoms with Crippen molar-refractivity contribution in [3.8, 4) is 0 Å². The number of rotatable bonds is 3. The van der Waals surface area contributed by atoms with E-state index in [1.165, 1.54) is 0 Å². The molecule has 1 saturated heterocycles. The van der Waals surface area contributed by atoms with Gasteiger partial charge in [-0.15, -0.1) is 0 Å². The second-order valence-electron chi connectivity index (χ2n) is 3.79. The van der Waals surface area contributed by atoms with Gasteiger partial charge < -0.3 is 0 Å². The van der Waals surface area contributed by atoms with Crippen LogP contribution in [0.5, 0.6) is 0 Å². The molecule has 1 heterocycles. The van der Waals surface area contributed by atoms with Gasteiger partial charge in [0.2, 0.25) is 10.0 Å². The molecule has 0 saturated carbocycles. The summed E-state index contributed by atoms with van der Waals surface area (Å²) in [5, 5.41) is 0. The standard InChI is InChI=1S/C8H16BrNO2S/c1-7(2)8-4-3-5-10(8)13(11,12)6-9/h7-8H,3-6H2,1-2H3. The van der Waals surface area contributed by atoms with E-state index >= 15 is 0 Å². The summed E-state index contributed by atoms with van der Waals surface area (Å²) in [5.41, 5.74) is 0. The van der Waals surface area contributed by atoms with Gasteiger partial charge in [0.1, 0.15) is 4.66 Å². The molecule has 78 valence electrons. The Bertz CT molecular complexity index is 263. The van der Waals surface area contributed by atoms with Crippen LogP contribution < -0.4 is 0 Å². The minimum atomic E-state index is -3.04. The van der Waals surface area contributed by atoms with E-state index < -0.39 is 10.0 Å². The van der Waals surface area contributed by atoms with Gasteiger partial charge in [-0.3, -0.25) is 0 Å². The summed E-state index contributed by atoms with van der Waals surface area (Å²) in [6.07, 6.45) is 2.00. The third kappa shape index (κ3) is 2.44. The van der Waals surface area contributed by atoms with Gasteiger partial charge in [0, 0.05) is 12.6 Å². The predicted molar refractivity (Wildman–Crippen MR) is 57.3 cm³/mol. The molecule has 0 aromatic carbocycles. The molecule has 0 bridgehead atoms. The summed E-state index contributed by atoms with van der Waals surface area (Å²) in [5.74, 6) is 0.413. The van der Waals surface area contributed by atoms with Gasteiger partial charge in [0.15, 0.2) is 0 Å². The van der Waals surface area contributed by atoms with Crippen LogP contribution in [0.1, 0.15) is 26.7 Å². The van der Waals surface area contributed by atoms with Crippen LogP contribution in [-0.2, 0) is 10.0 Å². The average Bonchev–Trinajstić information content (AvgIpc) is 2.52. The maximum Gasteiger partial charge on any atom is 0.224 e. The van der Waals surface area contributed by atoms with Gasteiger partial charge in [-0.05, 0) is 18.8 Å². The minimum Gasteiger partial charge on any atom is -0.211 e. The van der Waals surface area contributed by atoms with Gasteiger partial charge >= 0.3 is 0 Å². The van der Waals surface area contributed by atoms with Crippen molar-refractivity contribution in [1.82, 2.24) is 4.31 Å². The highest BCUT2D eigenvalue weighted by atomic mass is 79.9. The maximum absolute atomic E-state index is 11.6. The SMILES string of the molecule is CC(C)C1CCCN1S(=O)(=O)CBr. The van der Waals surface area contributed by atoms with E-state index in [-0.39, 0.29) is 10.7 Å². The van der Waals surface area contributed by atoms with E-state index in [9.17, 15) is 8.42 Å². The van der Waals surface area contributed by atoms with Crippen molar-refractivity contribution in [2.24, 2.45) is 5.92 Å². The lowest BCUT2D eigenvalue weighted by atomic mass is 10.0. The molecule has 1 aliphatic heterocycles. The predicted octanol–water partition coefficient (Wildman–Crippen LogP) is 1.79. The summed E-state index contributed by atoms with van der Waals surface area (Å²) < 4.78 is 24.9. The zero-order valence-corrected chi connectivity index (χ0v) is 10.4. The number of halogens is 1. The number of hydrogen-bond acceptors (Lipinski definition) is 2. The second-order valence-corrected chi connectivity index (χ2v) is 7.01. The van der Waals surface area contributed by atoms with Gasteiger partial charge in [-0.1, -0.05) is 29.8 Å². The fourth-order valence-corrected chi connectivity index (χ4v) is 3.92. The van der Waals surface area contributed by atoms with Crippen LogP contribution in [0.2, 0.25) is 0 Å². The Hall–Kier alpha value is 0.390. The normalized spacial score (nSPS) is 25.7. The minimum absolute atomic E-state index is 0.0449.